The second-order valence-corrected chi connectivity index (χ2v) is 5.50. The minimum atomic E-state index is 0.136. The van der Waals surface area contributed by atoms with E-state index < -0.39 is 0 Å². The van der Waals surface area contributed by atoms with Crippen molar-refractivity contribution in [3.05, 3.63) is 29.8 Å². The Kier molecular flexibility index (Phi) is 3.90. The molecule has 0 aliphatic carbocycles. The summed E-state index contributed by atoms with van der Waals surface area (Å²) in [5.74, 6) is 1.62. The van der Waals surface area contributed by atoms with E-state index in [1.54, 1.807) is 12.1 Å². The molecule has 1 aromatic carbocycles. The molecule has 0 spiro atoms. The fourth-order valence-electron chi connectivity index (χ4n) is 2.58. The van der Waals surface area contributed by atoms with Crippen molar-refractivity contribution in [2.24, 2.45) is 11.8 Å². The highest BCUT2D eigenvalue weighted by molar-refractivity contribution is 5.94. The van der Waals surface area contributed by atoms with Crippen molar-refractivity contribution >= 4 is 11.6 Å². The zero-order valence-electron chi connectivity index (χ0n) is 11.2. The SMILES string of the molecule is CC(C)C1CCN(C(=O)c2ccc(N)cc2)CC1. The Labute approximate surface area is 109 Å². The van der Waals surface area contributed by atoms with Gasteiger partial charge in [-0.3, -0.25) is 4.79 Å². The molecule has 1 saturated heterocycles. The first-order valence-electron chi connectivity index (χ1n) is 6.72. The number of nitrogens with two attached hydrogens (primary N) is 1. The summed E-state index contributed by atoms with van der Waals surface area (Å²) in [6, 6.07) is 7.20. The van der Waals surface area contributed by atoms with Gasteiger partial charge in [0.2, 0.25) is 0 Å². The first-order valence-corrected chi connectivity index (χ1v) is 6.72. The van der Waals surface area contributed by atoms with Crippen LogP contribution in [0, 0.1) is 11.8 Å². The Balaban J connectivity index is 1.97. The lowest BCUT2D eigenvalue weighted by molar-refractivity contribution is 0.0668. The van der Waals surface area contributed by atoms with Crippen molar-refractivity contribution in [1.82, 2.24) is 4.90 Å². The van der Waals surface area contributed by atoms with Crippen LogP contribution in [0.1, 0.15) is 37.0 Å². The number of carbonyl (C=O) groups is 1. The lowest BCUT2D eigenvalue weighted by atomic mass is 9.86. The summed E-state index contributed by atoms with van der Waals surface area (Å²) in [4.78, 5) is 14.2. The summed E-state index contributed by atoms with van der Waals surface area (Å²) in [5, 5.41) is 0. The lowest BCUT2D eigenvalue weighted by Gasteiger charge is -2.34. The van der Waals surface area contributed by atoms with Gasteiger partial charge in [-0.05, 0) is 48.9 Å². The number of hydrogen-bond donors (Lipinski definition) is 1. The van der Waals surface area contributed by atoms with Gasteiger partial charge in [-0.25, -0.2) is 0 Å². The smallest absolute Gasteiger partial charge is 0.253 e. The van der Waals surface area contributed by atoms with E-state index in [0.717, 1.165) is 43.3 Å². The van der Waals surface area contributed by atoms with Gasteiger partial charge < -0.3 is 10.6 Å². The standard InChI is InChI=1S/C15H22N2O/c1-11(2)12-7-9-17(10-8-12)15(18)13-3-5-14(16)6-4-13/h3-6,11-12H,7-10,16H2,1-2H3. The molecule has 2 rings (SSSR count). The Morgan fingerprint density at radius 3 is 2.28 bits per heavy atom. The summed E-state index contributed by atoms with van der Waals surface area (Å²) >= 11 is 0. The summed E-state index contributed by atoms with van der Waals surface area (Å²) in [6.45, 7) is 6.29. The number of carbonyl (C=O) groups excluding carboxylic acids is 1. The fraction of sp³-hybridized carbons (Fsp3) is 0.533. The van der Waals surface area contributed by atoms with Gasteiger partial charge in [-0.1, -0.05) is 13.8 Å². The molecule has 1 amide bonds. The molecule has 1 aromatic rings. The van der Waals surface area contributed by atoms with Gasteiger partial charge in [0.1, 0.15) is 0 Å². The van der Waals surface area contributed by atoms with Crippen LogP contribution in [-0.4, -0.2) is 23.9 Å². The van der Waals surface area contributed by atoms with Crippen LogP contribution in [0.4, 0.5) is 5.69 Å². The van der Waals surface area contributed by atoms with Gasteiger partial charge in [0.05, 0.1) is 0 Å². The summed E-state index contributed by atoms with van der Waals surface area (Å²) in [7, 11) is 0. The van der Waals surface area contributed by atoms with Crippen LogP contribution >= 0.6 is 0 Å². The van der Waals surface area contributed by atoms with Gasteiger partial charge in [0.15, 0.2) is 0 Å². The summed E-state index contributed by atoms with van der Waals surface area (Å²) in [5.41, 5.74) is 7.07. The molecule has 0 radical (unpaired) electrons. The maximum absolute atomic E-state index is 12.3. The highest BCUT2D eigenvalue weighted by atomic mass is 16.2. The molecule has 0 bridgehead atoms. The number of nitrogen functional groups attached to an aromatic ring is 1. The maximum Gasteiger partial charge on any atom is 0.253 e. The molecule has 3 nitrogen and oxygen atoms in total. The minimum Gasteiger partial charge on any atom is -0.399 e. The quantitative estimate of drug-likeness (QED) is 0.816. The topological polar surface area (TPSA) is 46.3 Å². The monoisotopic (exact) mass is 246 g/mol. The van der Waals surface area contributed by atoms with Gasteiger partial charge in [0.25, 0.3) is 5.91 Å². The zero-order chi connectivity index (χ0) is 13.1. The number of piperidine rings is 1. The van der Waals surface area contributed by atoms with Crippen LogP contribution in [0.2, 0.25) is 0 Å². The van der Waals surface area contributed by atoms with E-state index in [2.05, 4.69) is 13.8 Å². The molecule has 1 aliphatic rings. The minimum absolute atomic E-state index is 0.136. The highest BCUT2D eigenvalue weighted by Crippen LogP contribution is 2.25. The number of amides is 1. The molecule has 18 heavy (non-hydrogen) atoms. The first-order chi connectivity index (χ1) is 8.58. The molecule has 0 atom stereocenters. The molecule has 1 fully saturated rings. The lowest BCUT2D eigenvalue weighted by Crippen LogP contribution is -2.39. The van der Waals surface area contributed by atoms with Crippen molar-refractivity contribution in [2.75, 3.05) is 18.8 Å². The predicted octanol–water partition coefficient (Wildman–Crippen LogP) is 2.78. The van der Waals surface area contributed by atoms with Crippen molar-refractivity contribution in [1.29, 1.82) is 0 Å². The third-order valence-electron chi connectivity index (χ3n) is 3.93. The average Bonchev–Trinajstić information content (AvgIpc) is 2.39. The predicted molar refractivity (Wildman–Crippen MR) is 74.3 cm³/mol. The number of benzene rings is 1. The normalized spacial score (nSPS) is 17.2. The first kappa shape index (κ1) is 12.9. The second kappa shape index (κ2) is 5.42. The number of anilines is 1. The van der Waals surface area contributed by atoms with Crippen molar-refractivity contribution in [3.8, 4) is 0 Å². The molecule has 0 unspecified atom stereocenters. The van der Waals surface area contributed by atoms with E-state index in [9.17, 15) is 4.79 Å². The summed E-state index contributed by atoms with van der Waals surface area (Å²) < 4.78 is 0. The number of likely N-dealkylation sites (tertiary alicyclic amines) is 1. The third kappa shape index (κ3) is 2.84. The second-order valence-electron chi connectivity index (χ2n) is 5.50. The number of hydrogen-bond acceptors (Lipinski definition) is 2. The molecule has 98 valence electrons. The van der Waals surface area contributed by atoms with Gasteiger partial charge in [-0.15, -0.1) is 0 Å². The van der Waals surface area contributed by atoms with Crippen LogP contribution in [0.15, 0.2) is 24.3 Å². The molecule has 0 saturated carbocycles. The van der Waals surface area contributed by atoms with Crippen molar-refractivity contribution < 1.29 is 4.79 Å². The molecule has 3 heteroatoms. The van der Waals surface area contributed by atoms with E-state index in [0.29, 0.717) is 5.69 Å². The van der Waals surface area contributed by atoms with Crippen molar-refractivity contribution in [2.45, 2.75) is 26.7 Å². The largest absolute Gasteiger partial charge is 0.399 e. The number of nitrogens with zero attached hydrogens (tertiary/aromatic N) is 1. The summed E-state index contributed by atoms with van der Waals surface area (Å²) in [6.07, 6.45) is 2.25. The van der Waals surface area contributed by atoms with E-state index in [1.165, 1.54) is 0 Å². The van der Waals surface area contributed by atoms with E-state index in [-0.39, 0.29) is 5.91 Å². The number of rotatable bonds is 2. The third-order valence-corrected chi connectivity index (χ3v) is 3.93. The van der Waals surface area contributed by atoms with Crippen LogP contribution in [-0.2, 0) is 0 Å². The van der Waals surface area contributed by atoms with E-state index >= 15 is 0 Å². The maximum atomic E-state index is 12.3. The highest BCUT2D eigenvalue weighted by Gasteiger charge is 2.24. The Hall–Kier alpha value is -1.51. The van der Waals surface area contributed by atoms with Gasteiger partial charge in [0, 0.05) is 24.3 Å². The van der Waals surface area contributed by atoms with Crippen LogP contribution < -0.4 is 5.73 Å². The fourth-order valence-corrected chi connectivity index (χ4v) is 2.58. The van der Waals surface area contributed by atoms with Crippen molar-refractivity contribution in [3.63, 3.8) is 0 Å². The molecule has 2 N–H and O–H groups in total. The van der Waals surface area contributed by atoms with Gasteiger partial charge >= 0.3 is 0 Å². The van der Waals surface area contributed by atoms with Crippen LogP contribution in [0.25, 0.3) is 0 Å². The molecule has 1 heterocycles. The molecule has 1 aliphatic heterocycles. The Bertz CT molecular complexity index is 403. The molecular weight excluding hydrogens is 224 g/mol. The zero-order valence-corrected chi connectivity index (χ0v) is 11.2. The Morgan fingerprint density at radius 1 is 1.22 bits per heavy atom. The average molecular weight is 246 g/mol. The molecular formula is C15H22N2O. The van der Waals surface area contributed by atoms with Crippen LogP contribution in [0.5, 0.6) is 0 Å². The molecule has 0 aromatic heterocycles. The van der Waals surface area contributed by atoms with E-state index in [4.69, 9.17) is 5.73 Å². The van der Waals surface area contributed by atoms with Crippen LogP contribution in [0.3, 0.4) is 0 Å². The van der Waals surface area contributed by atoms with Gasteiger partial charge in [-0.2, -0.15) is 0 Å². The van der Waals surface area contributed by atoms with E-state index in [1.807, 2.05) is 17.0 Å². The Morgan fingerprint density at radius 2 is 1.78 bits per heavy atom.